The van der Waals surface area contributed by atoms with Gasteiger partial charge in [-0.25, -0.2) is 0 Å². The van der Waals surface area contributed by atoms with E-state index in [0.717, 1.165) is 37.6 Å². The van der Waals surface area contributed by atoms with Crippen molar-refractivity contribution in [2.75, 3.05) is 38.5 Å². The topological polar surface area (TPSA) is 43.8 Å². The summed E-state index contributed by atoms with van der Waals surface area (Å²) < 4.78 is 12.2. The molecule has 0 aromatic heterocycles. The van der Waals surface area contributed by atoms with Gasteiger partial charge >= 0.3 is 0 Å². The molecule has 0 saturated carbocycles. The SMILES string of the molecule is C[C@H](O)CN1CCN(CC[S@@](=O)c2ccccc2)C[C@@H]1C. The van der Waals surface area contributed by atoms with Gasteiger partial charge in [0.05, 0.1) is 16.9 Å². The Kier molecular flexibility index (Phi) is 6.36. The minimum absolute atomic E-state index is 0.274. The van der Waals surface area contributed by atoms with Crippen molar-refractivity contribution in [3.05, 3.63) is 30.3 Å². The maximum Gasteiger partial charge on any atom is 0.0639 e. The van der Waals surface area contributed by atoms with Gasteiger partial charge in [0.15, 0.2) is 0 Å². The van der Waals surface area contributed by atoms with E-state index in [0.29, 0.717) is 11.8 Å². The molecule has 0 unspecified atom stereocenters. The molecule has 118 valence electrons. The van der Waals surface area contributed by atoms with E-state index in [4.69, 9.17) is 0 Å². The lowest BCUT2D eigenvalue weighted by molar-refractivity contribution is 0.0475. The second-order valence-electron chi connectivity index (χ2n) is 5.86. The van der Waals surface area contributed by atoms with Crippen molar-refractivity contribution in [1.82, 2.24) is 9.80 Å². The van der Waals surface area contributed by atoms with Gasteiger partial charge in [-0.15, -0.1) is 0 Å². The van der Waals surface area contributed by atoms with Gasteiger partial charge in [0.2, 0.25) is 0 Å². The summed E-state index contributed by atoms with van der Waals surface area (Å²) >= 11 is 0. The molecule has 0 bridgehead atoms. The van der Waals surface area contributed by atoms with E-state index < -0.39 is 10.8 Å². The summed E-state index contributed by atoms with van der Waals surface area (Å²) in [7, 11) is -0.909. The maximum absolute atomic E-state index is 12.2. The van der Waals surface area contributed by atoms with Crippen molar-refractivity contribution in [1.29, 1.82) is 0 Å². The average molecular weight is 310 g/mol. The highest BCUT2D eigenvalue weighted by molar-refractivity contribution is 7.85. The lowest BCUT2D eigenvalue weighted by atomic mass is 10.2. The molecule has 1 aliphatic rings. The van der Waals surface area contributed by atoms with Crippen LogP contribution >= 0.6 is 0 Å². The first kappa shape index (κ1) is 16.6. The molecule has 0 radical (unpaired) electrons. The van der Waals surface area contributed by atoms with E-state index in [1.165, 1.54) is 0 Å². The molecule has 1 aromatic carbocycles. The van der Waals surface area contributed by atoms with Crippen LogP contribution < -0.4 is 0 Å². The van der Waals surface area contributed by atoms with Gasteiger partial charge in [0, 0.05) is 49.4 Å². The van der Waals surface area contributed by atoms with E-state index >= 15 is 0 Å². The first-order valence-electron chi connectivity index (χ1n) is 7.64. The number of nitrogens with zero attached hydrogens (tertiary/aromatic N) is 2. The summed E-state index contributed by atoms with van der Waals surface area (Å²) in [6, 6.07) is 10.1. The summed E-state index contributed by atoms with van der Waals surface area (Å²) in [5.74, 6) is 0.688. The lowest BCUT2D eigenvalue weighted by Crippen LogP contribution is -2.53. The minimum Gasteiger partial charge on any atom is -0.392 e. The van der Waals surface area contributed by atoms with Gasteiger partial charge in [-0.05, 0) is 26.0 Å². The van der Waals surface area contributed by atoms with Gasteiger partial charge in [-0.2, -0.15) is 0 Å². The van der Waals surface area contributed by atoms with Crippen molar-refractivity contribution >= 4 is 10.8 Å². The highest BCUT2D eigenvalue weighted by Gasteiger charge is 2.24. The molecular formula is C16H26N2O2S. The standard InChI is InChI=1S/C16H26N2O2S/c1-14-12-17(8-9-18(14)13-15(2)19)10-11-21(20)16-6-4-3-5-7-16/h3-7,14-15,19H,8-13H2,1-2H3/t14-,15-,21+/m0/s1. The number of aliphatic hydroxyl groups excluding tert-OH is 1. The largest absolute Gasteiger partial charge is 0.392 e. The molecule has 0 amide bonds. The zero-order chi connectivity index (χ0) is 15.2. The maximum atomic E-state index is 12.2. The summed E-state index contributed by atoms with van der Waals surface area (Å²) in [5.41, 5.74) is 0. The van der Waals surface area contributed by atoms with Crippen molar-refractivity contribution in [3.8, 4) is 0 Å². The molecule has 1 aromatic rings. The Morgan fingerprint density at radius 3 is 2.67 bits per heavy atom. The van der Waals surface area contributed by atoms with Crippen LogP contribution in [0.3, 0.4) is 0 Å². The number of piperazine rings is 1. The van der Waals surface area contributed by atoms with Crippen LogP contribution in [0.5, 0.6) is 0 Å². The van der Waals surface area contributed by atoms with Crippen LogP contribution in [-0.4, -0.2) is 69.7 Å². The number of hydrogen-bond donors (Lipinski definition) is 1. The van der Waals surface area contributed by atoms with Crippen LogP contribution in [0.4, 0.5) is 0 Å². The monoisotopic (exact) mass is 310 g/mol. The molecule has 0 spiro atoms. The van der Waals surface area contributed by atoms with Crippen LogP contribution in [0.1, 0.15) is 13.8 Å². The fourth-order valence-electron chi connectivity index (χ4n) is 2.79. The lowest BCUT2D eigenvalue weighted by Gasteiger charge is -2.40. The zero-order valence-electron chi connectivity index (χ0n) is 12.9. The van der Waals surface area contributed by atoms with E-state index in [2.05, 4.69) is 16.7 Å². The van der Waals surface area contributed by atoms with Crippen LogP contribution in [0.2, 0.25) is 0 Å². The Labute approximate surface area is 130 Å². The second kappa shape index (κ2) is 8.03. The van der Waals surface area contributed by atoms with E-state index in [9.17, 15) is 9.32 Å². The number of rotatable bonds is 6. The summed E-state index contributed by atoms with van der Waals surface area (Å²) in [6.45, 7) is 8.59. The van der Waals surface area contributed by atoms with Crippen molar-refractivity contribution in [2.24, 2.45) is 0 Å². The van der Waals surface area contributed by atoms with E-state index in [-0.39, 0.29) is 6.10 Å². The summed E-state index contributed by atoms with van der Waals surface area (Å²) in [5, 5.41) is 9.50. The third-order valence-electron chi connectivity index (χ3n) is 3.95. The fourth-order valence-corrected chi connectivity index (χ4v) is 3.91. The average Bonchev–Trinajstić information content (AvgIpc) is 2.48. The quantitative estimate of drug-likeness (QED) is 0.857. The highest BCUT2D eigenvalue weighted by Crippen LogP contribution is 2.11. The summed E-state index contributed by atoms with van der Waals surface area (Å²) in [4.78, 5) is 5.62. The van der Waals surface area contributed by atoms with Gasteiger partial charge in [-0.3, -0.25) is 14.0 Å². The molecular weight excluding hydrogens is 284 g/mol. The number of hydrogen-bond acceptors (Lipinski definition) is 4. The molecule has 21 heavy (non-hydrogen) atoms. The van der Waals surface area contributed by atoms with Gasteiger partial charge in [0.25, 0.3) is 0 Å². The number of aliphatic hydroxyl groups is 1. The first-order valence-corrected chi connectivity index (χ1v) is 8.96. The van der Waals surface area contributed by atoms with Crippen LogP contribution in [-0.2, 0) is 10.8 Å². The predicted molar refractivity (Wildman–Crippen MR) is 86.9 cm³/mol. The highest BCUT2D eigenvalue weighted by atomic mass is 32.2. The molecule has 1 saturated heterocycles. The van der Waals surface area contributed by atoms with Crippen molar-refractivity contribution in [3.63, 3.8) is 0 Å². The Balaban J connectivity index is 1.77. The molecule has 0 aliphatic carbocycles. The Hall–Kier alpha value is -0.750. The number of β-amino-alcohol motifs (C(OH)–C–C–N with tert-alkyl or cyclic N) is 1. The predicted octanol–water partition coefficient (Wildman–Crippen LogP) is 1.18. The normalized spacial score (nSPS) is 23.9. The third-order valence-corrected chi connectivity index (χ3v) is 5.30. The van der Waals surface area contributed by atoms with Crippen LogP contribution in [0.15, 0.2) is 35.2 Å². The summed E-state index contributed by atoms with van der Waals surface area (Å²) in [6.07, 6.45) is -0.274. The first-order chi connectivity index (χ1) is 10.1. The Morgan fingerprint density at radius 1 is 1.33 bits per heavy atom. The van der Waals surface area contributed by atoms with E-state index in [1.54, 1.807) is 0 Å². The number of benzene rings is 1. The molecule has 1 N–H and O–H groups in total. The van der Waals surface area contributed by atoms with Gasteiger partial charge < -0.3 is 5.11 Å². The zero-order valence-corrected chi connectivity index (χ0v) is 13.8. The minimum atomic E-state index is -0.909. The molecule has 4 nitrogen and oxygen atoms in total. The van der Waals surface area contributed by atoms with Crippen LogP contribution in [0, 0.1) is 0 Å². The van der Waals surface area contributed by atoms with Crippen molar-refractivity contribution in [2.45, 2.75) is 30.9 Å². The molecule has 1 aliphatic heterocycles. The fraction of sp³-hybridized carbons (Fsp3) is 0.625. The van der Waals surface area contributed by atoms with Crippen molar-refractivity contribution < 1.29 is 9.32 Å². The van der Waals surface area contributed by atoms with Gasteiger partial charge in [0.1, 0.15) is 0 Å². The molecule has 1 heterocycles. The Morgan fingerprint density at radius 2 is 2.05 bits per heavy atom. The smallest absolute Gasteiger partial charge is 0.0639 e. The second-order valence-corrected chi connectivity index (χ2v) is 7.43. The van der Waals surface area contributed by atoms with Gasteiger partial charge in [-0.1, -0.05) is 18.2 Å². The Bertz CT molecular complexity index is 453. The molecule has 1 fully saturated rings. The van der Waals surface area contributed by atoms with Crippen LogP contribution in [0.25, 0.3) is 0 Å². The molecule has 3 atom stereocenters. The molecule has 5 heteroatoms. The van der Waals surface area contributed by atoms with E-state index in [1.807, 2.05) is 37.3 Å². The third kappa shape index (κ3) is 5.18. The molecule has 2 rings (SSSR count).